The van der Waals surface area contributed by atoms with Gasteiger partial charge in [-0.1, -0.05) is 6.07 Å². The quantitative estimate of drug-likeness (QED) is 0.885. The Morgan fingerprint density at radius 2 is 2.17 bits per heavy atom. The van der Waals surface area contributed by atoms with E-state index in [2.05, 4.69) is 10.4 Å². The number of amides is 1. The van der Waals surface area contributed by atoms with Gasteiger partial charge in [0, 0.05) is 13.1 Å². The van der Waals surface area contributed by atoms with Crippen LogP contribution in [0.1, 0.15) is 38.4 Å². The van der Waals surface area contributed by atoms with Crippen LogP contribution < -0.4 is 10.1 Å². The summed E-state index contributed by atoms with van der Waals surface area (Å²) >= 11 is 0. The van der Waals surface area contributed by atoms with Crippen LogP contribution in [0.3, 0.4) is 0 Å². The molecular weight excluding hydrogens is 310 g/mol. The van der Waals surface area contributed by atoms with Gasteiger partial charge in [0.2, 0.25) is 0 Å². The van der Waals surface area contributed by atoms with E-state index in [1.807, 2.05) is 18.2 Å². The molecular formula is C17H19N3O4. The second-order valence-corrected chi connectivity index (χ2v) is 5.88. The van der Waals surface area contributed by atoms with Gasteiger partial charge < -0.3 is 15.2 Å². The van der Waals surface area contributed by atoms with E-state index in [1.54, 1.807) is 14.2 Å². The van der Waals surface area contributed by atoms with Gasteiger partial charge in [-0.05, 0) is 42.5 Å². The molecule has 0 aliphatic heterocycles. The standard InChI is InChI=1S/C17H19N3O4/c1-20-15(14(9-18-20)17(22)23)16(21)19-12-5-3-11-8-13(24-2)6-4-10(11)7-12/h4,6,8-9,12H,3,5,7H2,1-2H3,(H,19,21)(H,22,23). The van der Waals surface area contributed by atoms with Crippen LogP contribution in [0.15, 0.2) is 24.4 Å². The molecule has 0 fully saturated rings. The molecule has 126 valence electrons. The average Bonchev–Trinajstić information content (AvgIpc) is 2.96. The minimum Gasteiger partial charge on any atom is -0.497 e. The lowest BCUT2D eigenvalue weighted by molar-refractivity contribution is 0.0689. The zero-order valence-electron chi connectivity index (χ0n) is 13.6. The van der Waals surface area contributed by atoms with Gasteiger partial charge in [0.15, 0.2) is 0 Å². The Labute approximate surface area is 139 Å². The van der Waals surface area contributed by atoms with Gasteiger partial charge >= 0.3 is 5.97 Å². The molecule has 7 heteroatoms. The number of rotatable bonds is 4. The van der Waals surface area contributed by atoms with Gasteiger partial charge in [0.25, 0.3) is 5.91 Å². The van der Waals surface area contributed by atoms with E-state index in [4.69, 9.17) is 9.84 Å². The number of hydrogen-bond acceptors (Lipinski definition) is 4. The number of aryl methyl sites for hydroxylation is 2. The molecule has 0 bridgehead atoms. The van der Waals surface area contributed by atoms with Crippen molar-refractivity contribution in [3.8, 4) is 5.75 Å². The first-order valence-corrected chi connectivity index (χ1v) is 7.71. The van der Waals surface area contributed by atoms with Crippen molar-refractivity contribution in [1.82, 2.24) is 15.1 Å². The molecule has 1 amide bonds. The third kappa shape index (κ3) is 2.97. The van der Waals surface area contributed by atoms with Gasteiger partial charge in [-0.2, -0.15) is 5.10 Å². The summed E-state index contributed by atoms with van der Waals surface area (Å²) < 4.78 is 6.53. The van der Waals surface area contributed by atoms with Crippen molar-refractivity contribution in [2.75, 3.05) is 7.11 Å². The van der Waals surface area contributed by atoms with Crippen LogP contribution in [-0.2, 0) is 19.9 Å². The Balaban J connectivity index is 1.74. The Morgan fingerprint density at radius 1 is 1.38 bits per heavy atom. The smallest absolute Gasteiger partial charge is 0.339 e. The highest BCUT2D eigenvalue weighted by Gasteiger charge is 2.26. The highest BCUT2D eigenvalue weighted by molar-refractivity contribution is 6.03. The maximum Gasteiger partial charge on any atom is 0.339 e. The first-order valence-electron chi connectivity index (χ1n) is 7.71. The number of hydrogen-bond donors (Lipinski definition) is 2. The number of benzene rings is 1. The van der Waals surface area contributed by atoms with E-state index in [-0.39, 0.29) is 17.3 Å². The van der Waals surface area contributed by atoms with Crippen LogP contribution in [0.2, 0.25) is 0 Å². The summed E-state index contributed by atoms with van der Waals surface area (Å²) in [5.41, 5.74) is 2.39. The van der Waals surface area contributed by atoms with Crippen molar-refractivity contribution >= 4 is 11.9 Å². The molecule has 1 aliphatic carbocycles. The van der Waals surface area contributed by atoms with Crippen LogP contribution in [0.4, 0.5) is 0 Å². The molecule has 7 nitrogen and oxygen atoms in total. The predicted molar refractivity (Wildman–Crippen MR) is 86.4 cm³/mol. The summed E-state index contributed by atoms with van der Waals surface area (Å²) in [6.45, 7) is 0. The fourth-order valence-corrected chi connectivity index (χ4v) is 3.10. The van der Waals surface area contributed by atoms with Gasteiger partial charge in [0.05, 0.1) is 13.3 Å². The fraction of sp³-hybridized carbons (Fsp3) is 0.353. The molecule has 2 N–H and O–H groups in total. The lowest BCUT2D eigenvalue weighted by atomic mass is 9.88. The molecule has 1 aliphatic rings. The number of aromatic carboxylic acids is 1. The number of nitrogens with zero attached hydrogens (tertiary/aromatic N) is 2. The summed E-state index contributed by atoms with van der Waals surface area (Å²) in [6.07, 6.45) is 3.55. The van der Waals surface area contributed by atoms with Crippen molar-refractivity contribution < 1.29 is 19.4 Å². The molecule has 3 rings (SSSR count). The highest BCUT2D eigenvalue weighted by Crippen LogP contribution is 2.25. The molecule has 1 aromatic carbocycles. The largest absolute Gasteiger partial charge is 0.497 e. The Morgan fingerprint density at radius 3 is 2.88 bits per heavy atom. The third-order valence-corrected chi connectivity index (χ3v) is 4.36. The minimum atomic E-state index is -1.16. The maximum atomic E-state index is 12.5. The Bertz CT molecular complexity index is 797. The van der Waals surface area contributed by atoms with E-state index in [0.29, 0.717) is 6.42 Å². The highest BCUT2D eigenvalue weighted by atomic mass is 16.5. The van der Waals surface area contributed by atoms with Crippen LogP contribution >= 0.6 is 0 Å². The molecule has 1 heterocycles. The van der Waals surface area contributed by atoms with Crippen LogP contribution in [0, 0.1) is 0 Å². The number of aromatic nitrogens is 2. The lowest BCUT2D eigenvalue weighted by Crippen LogP contribution is -2.40. The number of nitrogens with one attached hydrogen (secondary N) is 1. The first kappa shape index (κ1) is 16.0. The number of carbonyl (C=O) groups excluding carboxylic acids is 1. The van der Waals surface area contributed by atoms with Crippen molar-refractivity contribution in [3.63, 3.8) is 0 Å². The van der Waals surface area contributed by atoms with Crippen molar-refractivity contribution in [1.29, 1.82) is 0 Å². The molecule has 24 heavy (non-hydrogen) atoms. The minimum absolute atomic E-state index is 0.0325. The molecule has 1 aromatic heterocycles. The number of fused-ring (bicyclic) bond motifs is 1. The van der Waals surface area contributed by atoms with E-state index in [1.165, 1.54) is 22.0 Å². The van der Waals surface area contributed by atoms with E-state index in [0.717, 1.165) is 18.6 Å². The molecule has 1 atom stereocenters. The summed E-state index contributed by atoms with van der Waals surface area (Å²) in [5, 5.41) is 16.0. The maximum absolute atomic E-state index is 12.5. The van der Waals surface area contributed by atoms with Gasteiger partial charge in [0.1, 0.15) is 17.0 Å². The van der Waals surface area contributed by atoms with Gasteiger partial charge in [-0.15, -0.1) is 0 Å². The van der Waals surface area contributed by atoms with Crippen molar-refractivity contribution in [2.24, 2.45) is 7.05 Å². The molecule has 0 radical (unpaired) electrons. The lowest BCUT2D eigenvalue weighted by Gasteiger charge is -2.26. The number of methoxy groups -OCH3 is 1. The number of carboxylic acids is 1. The van der Waals surface area contributed by atoms with Crippen molar-refractivity contribution in [3.05, 3.63) is 46.8 Å². The normalized spacial score (nSPS) is 16.3. The first-order chi connectivity index (χ1) is 11.5. The number of carboxylic acid groups (broad SMARTS) is 1. The van der Waals surface area contributed by atoms with E-state index in [9.17, 15) is 9.59 Å². The van der Waals surface area contributed by atoms with E-state index >= 15 is 0 Å². The molecule has 2 aromatic rings. The molecule has 0 spiro atoms. The van der Waals surface area contributed by atoms with E-state index < -0.39 is 11.9 Å². The zero-order valence-corrected chi connectivity index (χ0v) is 13.6. The zero-order chi connectivity index (χ0) is 17.3. The SMILES string of the molecule is COc1ccc2c(c1)CCC(NC(=O)c1c(C(=O)O)cnn1C)C2. The van der Waals surface area contributed by atoms with Gasteiger partial charge in [-0.3, -0.25) is 9.48 Å². The summed E-state index contributed by atoms with van der Waals surface area (Å²) in [6, 6.07) is 5.91. The Hall–Kier alpha value is -2.83. The second-order valence-electron chi connectivity index (χ2n) is 5.88. The van der Waals surface area contributed by atoms with Crippen LogP contribution in [-0.4, -0.2) is 39.9 Å². The molecule has 0 saturated carbocycles. The van der Waals surface area contributed by atoms with Gasteiger partial charge in [-0.25, -0.2) is 4.79 Å². The molecule has 0 saturated heterocycles. The van der Waals surface area contributed by atoms with Crippen LogP contribution in [0.25, 0.3) is 0 Å². The summed E-state index contributed by atoms with van der Waals surface area (Å²) in [5.74, 6) is -0.735. The second kappa shape index (κ2) is 6.35. The topological polar surface area (TPSA) is 93.4 Å². The number of carbonyl (C=O) groups is 2. The Kier molecular flexibility index (Phi) is 4.24. The average molecular weight is 329 g/mol. The fourth-order valence-electron chi connectivity index (χ4n) is 3.10. The summed E-state index contributed by atoms with van der Waals surface area (Å²) in [7, 11) is 3.20. The third-order valence-electron chi connectivity index (χ3n) is 4.36. The monoisotopic (exact) mass is 329 g/mol. The summed E-state index contributed by atoms with van der Waals surface area (Å²) in [4.78, 5) is 23.7. The molecule has 1 unspecified atom stereocenters. The van der Waals surface area contributed by atoms with Crippen LogP contribution in [0.5, 0.6) is 5.75 Å². The number of ether oxygens (including phenoxy) is 1. The predicted octanol–water partition coefficient (Wildman–Crippen LogP) is 1.41. The van der Waals surface area contributed by atoms with Crippen molar-refractivity contribution in [2.45, 2.75) is 25.3 Å².